The highest BCUT2D eigenvalue weighted by Gasteiger charge is 2.70. The summed E-state index contributed by atoms with van der Waals surface area (Å²) in [5.41, 5.74) is -2.37. The van der Waals surface area contributed by atoms with Crippen molar-refractivity contribution in [3.8, 4) is 0 Å². The molecule has 0 radical (unpaired) electrons. The van der Waals surface area contributed by atoms with Gasteiger partial charge in [0.1, 0.15) is 9.85 Å². The molecular weight excluding hydrogens is 368 g/mol. The van der Waals surface area contributed by atoms with Gasteiger partial charge in [-0.3, -0.25) is 40.5 Å². The van der Waals surface area contributed by atoms with Gasteiger partial charge in [0.25, 0.3) is 11.4 Å². The number of nitrogens with zero attached hydrogens (tertiary/aromatic N) is 4. The number of hydrogen-bond donors (Lipinski definition) is 0. The summed E-state index contributed by atoms with van der Waals surface area (Å²) in [6.07, 6.45) is 0. The molecule has 0 spiro atoms. The van der Waals surface area contributed by atoms with Gasteiger partial charge < -0.3 is 0 Å². The fraction of sp³-hybridized carbons (Fsp3) is 0.143. The van der Waals surface area contributed by atoms with Gasteiger partial charge in [0.2, 0.25) is 0 Å². The highest BCUT2D eigenvalue weighted by molar-refractivity contribution is 7.93. The third-order valence-electron chi connectivity index (χ3n) is 2.43. The van der Waals surface area contributed by atoms with E-state index in [1.54, 1.807) is 0 Å². The number of non-ortho nitro benzene ring substituents is 1. The van der Waals surface area contributed by atoms with Crippen molar-refractivity contribution in [2.75, 3.05) is 0 Å². The van der Waals surface area contributed by atoms with Crippen LogP contribution < -0.4 is 0 Å². The van der Waals surface area contributed by atoms with Crippen LogP contribution in [0, 0.1) is 40.5 Å². The van der Waals surface area contributed by atoms with Gasteiger partial charge in [0.05, 0.1) is 27.5 Å². The molecule has 0 bridgehead atoms. The molecule has 14 nitrogen and oxygen atoms in total. The highest BCUT2D eigenvalue weighted by Crippen LogP contribution is 2.37. The third kappa shape index (κ3) is 2.73. The molecule has 0 aliphatic carbocycles. The zero-order valence-corrected chi connectivity index (χ0v) is 12.0. The maximum atomic E-state index is 12.1. The fourth-order valence-corrected chi connectivity index (χ4v) is 2.97. The number of halogens is 1. The molecule has 23 heavy (non-hydrogen) atoms. The Bertz CT molecular complexity index is 822. The summed E-state index contributed by atoms with van der Waals surface area (Å²) in [6, 6.07) is 0.914. The molecule has 1 rings (SSSR count). The zero-order valence-electron chi connectivity index (χ0n) is 10.4. The van der Waals surface area contributed by atoms with Gasteiger partial charge >= 0.3 is 14.3 Å². The second kappa shape index (κ2) is 5.69. The summed E-state index contributed by atoms with van der Waals surface area (Å²) in [6.45, 7) is 0. The van der Waals surface area contributed by atoms with Crippen molar-refractivity contribution in [1.82, 2.24) is 0 Å². The van der Waals surface area contributed by atoms with Crippen molar-refractivity contribution < 1.29 is 28.1 Å². The molecule has 16 heteroatoms. The Kier molecular flexibility index (Phi) is 4.48. The van der Waals surface area contributed by atoms with Gasteiger partial charge in [0, 0.05) is 6.07 Å². The number of nitro benzene ring substituents is 2. The Morgan fingerprint density at radius 1 is 0.913 bits per heavy atom. The molecular formula is C7H3ClN4O10S. The minimum Gasteiger partial charge on any atom is -0.258 e. The first-order valence-corrected chi connectivity index (χ1v) is 6.88. The average molecular weight is 371 g/mol. The van der Waals surface area contributed by atoms with Crippen LogP contribution in [-0.2, 0) is 9.84 Å². The van der Waals surface area contributed by atoms with Gasteiger partial charge in [-0.1, -0.05) is 0 Å². The van der Waals surface area contributed by atoms with Crippen LogP contribution in [0.5, 0.6) is 0 Å². The second-order valence-electron chi connectivity index (χ2n) is 3.71. The summed E-state index contributed by atoms with van der Waals surface area (Å²) in [7, 11) is -5.71. The molecule has 0 heterocycles. The van der Waals surface area contributed by atoms with E-state index in [0.717, 1.165) is 0 Å². The van der Waals surface area contributed by atoms with E-state index in [9.17, 15) is 48.9 Å². The third-order valence-corrected chi connectivity index (χ3v) is 5.22. The standard InChI is InChI=1S/C7H3ClN4O10S/c8-7(11(17)18,12(19)20)23(21,22)6-2-1-4(9(13)14)3-5(6)10(15)16/h1-3H. The molecule has 124 valence electrons. The lowest BCUT2D eigenvalue weighted by atomic mass is 10.3. The Hall–Kier alpha value is -2.94. The molecule has 0 aliphatic heterocycles. The van der Waals surface area contributed by atoms with Gasteiger partial charge in [-0.05, 0) is 6.07 Å². The first kappa shape index (κ1) is 18.1. The summed E-state index contributed by atoms with van der Waals surface area (Å²) in [5, 5.41) is 42.8. The van der Waals surface area contributed by atoms with Crippen molar-refractivity contribution >= 4 is 32.8 Å². The number of alkyl halides is 1. The predicted octanol–water partition coefficient (Wildman–Crippen LogP) is 0.680. The van der Waals surface area contributed by atoms with Crippen LogP contribution in [0.15, 0.2) is 23.1 Å². The summed E-state index contributed by atoms with van der Waals surface area (Å²) >= 11 is 4.97. The minimum absolute atomic E-state index is 0.185. The molecule has 0 N–H and O–H groups in total. The van der Waals surface area contributed by atoms with E-state index in [4.69, 9.17) is 11.6 Å². The largest absolute Gasteiger partial charge is 0.643 e. The van der Waals surface area contributed by atoms with Crippen LogP contribution in [0.3, 0.4) is 0 Å². The van der Waals surface area contributed by atoms with Crippen LogP contribution in [0.4, 0.5) is 11.4 Å². The Morgan fingerprint density at radius 3 is 1.74 bits per heavy atom. The van der Waals surface area contributed by atoms with Crippen LogP contribution in [0.25, 0.3) is 0 Å². The molecule has 0 saturated heterocycles. The number of benzene rings is 1. The maximum absolute atomic E-state index is 12.1. The lowest BCUT2D eigenvalue weighted by Crippen LogP contribution is -2.48. The normalized spacial score (nSPS) is 11.7. The van der Waals surface area contributed by atoms with E-state index < -0.39 is 50.3 Å². The molecule has 1 aromatic rings. The first-order chi connectivity index (χ1) is 10.4. The van der Waals surface area contributed by atoms with E-state index >= 15 is 0 Å². The zero-order chi connectivity index (χ0) is 18.2. The number of nitro groups is 4. The summed E-state index contributed by atoms with van der Waals surface area (Å²) < 4.78 is 19.8. The summed E-state index contributed by atoms with van der Waals surface area (Å²) in [5.74, 6) is 0. The Balaban J connectivity index is 3.81. The van der Waals surface area contributed by atoms with Crippen molar-refractivity contribution in [1.29, 1.82) is 0 Å². The monoisotopic (exact) mass is 370 g/mol. The van der Waals surface area contributed by atoms with E-state index in [1.165, 1.54) is 0 Å². The fourth-order valence-electron chi connectivity index (χ4n) is 1.39. The summed E-state index contributed by atoms with van der Waals surface area (Å²) in [4.78, 5) is 34.9. The first-order valence-electron chi connectivity index (χ1n) is 5.02. The maximum Gasteiger partial charge on any atom is 0.643 e. The average Bonchev–Trinajstić information content (AvgIpc) is 2.44. The van der Waals surface area contributed by atoms with Gasteiger partial charge in [-0.2, -0.15) is 0 Å². The Labute approximate surface area is 129 Å². The minimum atomic E-state index is -5.71. The van der Waals surface area contributed by atoms with Crippen LogP contribution in [-0.4, -0.2) is 32.6 Å². The Morgan fingerprint density at radius 2 is 1.39 bits per heavy atom. The van der Waals surface area contributed by atoms with Gasteiger partial charge in [0.15, 0.2) is 4.90 Å². The van der Waals surface area contributed by atoms with Crippen LogP contribution in [0.1, 0.15) is 0 Å². The second-order valence-corrected chi connectivity index (χ2v) is 6.48. The molecule has 0 atom stereocenters. The molecule has 0 fully saturated rings. The smallest absolute Gasteiger partial charge is 0.258 e. The van der Waals surface area contributed by atoms with E-state index in [0.29, 0.717) is 6.07 Å². The van der Waals surface area contributed by atoms with E-state index in [2.05, 4.69) is 0 Å². The highest BCUT2D eigenvalue weighted by atomic mass is 35.5. The van der Waals surface area contributed by atoms with Crippen LogP contribution in [0.2, 0.25) is 0 Å². The van der Waals surface area contributed by atoms with Gasteiger partial charge in [-0.15, -0.1) is 0 Å². The van der Waals surface area contributed by atoms with E-state index in [-0.39, 0.29) is 12.1 Å². The lowest BCUT2D eigenvalue weighted by molar-refractivity contribution is -0.735. The number of sulfone groups is 1. The molecule has 0 aromatic heterocycles. The van der Waals surface area contributed by atoms with Crippen molar-refractivity contribution in [3.05, 3.63) is 58.7 Å². The molecule has 0 saturated carbocycles. The molecule has 0 amide bonds. The number of hydrogen-bond acceptors (Lipinski definition) is 10. The van der Waals surface area contributed by atoms with Crippen molar-refractivity contribution in [3.63, 3.8) is 0 Å². The van der Waals surface area contributed by atoms with Crippen molar-refractivity contribution in [2.24, 2.45) is 0 Å². The quantitative estimate of drug-likeness (QED) is 0.224. The molecule has 1 aromatic carbocycles. The van der Waals surface area contributed by atoms with E-state index in [1.807, 2.05) is 0 Å². The van der Waals surface area contributed by atoms with Gasteiger partial charge in [-0.25, -0.2) is 8.42 Å². The van der Waals surface area contributed by atoms with Crippen LogP contribution >= 0.6 is 11.6 Å². The molecule has 0 aliphatic rings. The SMILES string of the molecule is O=[N+]([O-])c1ccc(S(=O)(=O)C(Cl)([N+](=O)[O-])[N+](=O)[O-])c([N+](=O)[O-])c1. The predicted molar refractivity (Wildman–Crippen MR) is 69.5 cm³/mol. The topological polar surface area (TPSA) is 207 Å². The lowest BCUT2D eigenvalue weighted by Gasteiger charge is -2.10. The molecule has 0 unspecified atom stereocenters. The van der Waals surface area contributed by atoms with Crippen molar-refractivity contribution in [2.45, 2.75) is 9.35 Å². The number of rotatable bonds is 6.